The zero-order valence-electron chi connectivity index (χ0n) is 18.2. The Hall–Kier alpha value is -2.45. The second-order valence-corrected chi connectivity index (χ2v) is 10.1. The third-order valence-electron chi connectivity index (χ3n) is 5.49. The molecule has 0 saturated heterocycles. The average Bonchev–Trinajstić information content (AvgIpc) is 2.68. The van der Waals surface area contributed by atoms with Crippen LogP contribution in [-0.4, -0.2) is 27.0 Å². The van der Waals surface area contributed by atoms with Gasteiger partial charge in [-0.15, -0.1) is 0 Å². The number of hydrogen-bond donors (Lipinski definition) is 1. The molecular weight excluding hydrogens is 441 g/mol. The molecule has 1 aliphatic rings. The van der Waals surface area contributed by atoms with E-state index in [0.717, 1.165) is 28.8 Å². The molecule has 3 unspecified atom stereocenters. The van der Waals surface area contributed by atoms with E-state index in [0.29, 0.717) is 5.56 Å². The Morgan fingerprint density at radius 2 is 1.72 bits per heavy atom. The first-order valence-electron chi connectivity index (χ1n) is 10.2. The fraction of sp³-hybridized carbons (Fsp3) is 0.375. The van der Waals surface area contributed by atoms with E-state index in [1.54, 1.807) is 6.92 Å². The fourth-order valence-corrected chi connectivity index (χ4v) is 5.37. The highest BCUT2D eigenvalue weighted by Gasteiger charge is 2.35. The predicted octanol–water partition coefficient (Wildman–Crippen LogP) is 5.80. The number of carbonyl (C=O) groups excluding carboxylic acids is 1. The highest BCUT2D eigenvalue weighted by atomic mass is 32.2. The van der Waals surface area contributed by atoms with Gasteiger partial charge in [-0.25, -0.2) is 4.79 Å². The maximum Gasteiger partial charge on any atom is 0.416 e. The summed E-state index contributed by atoms with van der Waals surface area (Å²) in [7, 11) is 0. The van der Waals surface area contributed by atoms with Gasteiger partial charge in [0, 0.05) is 12.8 Å². The number of ether oxygens (including phenoxy) is 1. The minimum absolute atomic E-state index is 0.0752. The van der Waals surface area contributed by atoms with E-state index in [1.807, 2.05) is 32.9 Å². The molecule has 0 spiro atoms. The summed E-state index contributed by atoms with van der Waals surface area (Å²) in [5.74, 6) is -0.713. The fourth-order valence-electron chi connectivity index (χ4n) is 4.11. The van der Waals surface area contributed by atoms with Crippen molar-refractivity contribution >= 4 is 22.7 Å². The summed E-state index contributed by atoms with van der Waals surface area (Å²) < 4.78 is 56.5. The lowest BCUT2D eigenvalue weighted by molar-refractivity contribution is -0.144. The number of hydrogen-bond acceptors (Lipinski definition) is 4. The van der Waals surface area contributed by atoms with Crippen molar-refractivity contribution in [3.8, 4) is 0 Å². The number of esters is 1. The van der Waals surface area contributed by atoms with E-state index >= 15 is 0 Å². The van der Waals surface area contributed by atoms with Crippen LogP contribution < -0.4 is 0 Å². The van der Waals surface area contributed by atoms with Gasteiger partial charge in [0.15, 0.2) is 4.90 Å². The first-order chi connectivity index (χ1) is 14.9. The third-order valence-corrected chi connectivity index (χ3v) is 7.15. The van der Waals surface area contributed by atoms with Crippen molar-refractivity contribution in [1.82, 2.24) is 0 Å². The summed E-state index contributed by atoms with van der Waals surface area (Å²) in [6.45, 7) is 7.35. The average molecular weight is 467 g/mol. The van der Waals surface area contributed by atoms with Crippen molar-refractivity contribution in [3.63, 3.8) is 0 Å². The minimum atomic E-state index is -4.46. The monoisotopic (exact) mass is 466 g/mol. The van der Waals surface area contributed by atoms with Crippen LogP contribution in [0.25, 0.3) is 5.57 Å². The molecule has 0 amide bonds. The Kier molecular flexibility index (Phi) is 6.95. The summed E-state index contributed by atoms with van der Waals surface area (Å²) >= 11 is -1.60. The lowest BCUT2D eigenvalue weighted by Crippen LogP contribution is -2.32. The van der Waals surface area contributed by atoms with Crippen LogP contribution in [0.2, 0.25) is 0 Å². The Balaban J connectivity index is 1.74. The molecule has 3 atom stereocenters. The Labute approximate surface area is 188 Å². The number of aliphatic hydroxyl groups is 1. The van der Waals surface area contributed by atoms with Gasteiger partial charge in [-0.1, -0.05) is 17.7 Å². The van der Waals surface area contributed by atoms with Crippen LogP contribution in [0.5, 0.6) is 0 Å². The minimum Gasteiger partial charge on any atom is -0.611 e. The smallest absolute Gasteiger partial charge is 0.416 e. The van der Waals surface area contributed by atoms with Crippen LogP contribution in [0.1, 0.15) is 47.6 Å². The predicted molar refractivity (Wildman–Crippen MR) is 117 cm³/mol. The number of alkyl halides is 3. The van der Waals surface area contributed by atoms with Crippen LogP contribution in [0, 0.1) is 20.8 Å². The molecule has 0 aliphatic carbocycles. The normalized spacial score (nSPS) is 19.0. The number of aliphatic hydroxyl groups excluding tert-OH is 1. The van der Waals surface area contributed by atoms with Crippen molar-refractivity contribution < 1.29 is 32.4 Å². The summed E-state index contributed by atoms with van der Waals surface area (Å²) in [5, 5.41) is 10.2. The van der Waals surface area contributed by atoms with E-state index in [-0.39, 0.29) is 29.1 Å². The maximum absolute atomic E-state index is 12.8. The number of cyclic esters (lactones) is 1. The molecule has 0 aromatic heterocycles. The standard InChI is InChI=1S/C24H25F3O4S/c1-13-9-14(2)21(15(3)10-13)22-20(28)12-18(31-23(22)29)11-16(4)32(30)19-7-5-17(6-8-19)24(25,26)27/h5-10,16,18,28H,11-12H2,1-4H3. The molecule has 0 radical (unpaired) electrons. The van der Waals surface area contributed by atoms with Crippen molar-refractivity contribution in [1.29, 1.82) is 0 Å². The van der Waals surface area contributed by atoms with E-state index in [1.165, 1.54) is 12.1 Å². The summed E-state index contributed by atoms with van der Waals surface area (Å²) in [6.07, 6.45) is -4.85. The lowest BCUT2D eigenvalue weighted by atomic mass is 9.90. The van der Waals surface area contributed by atoms with Gasteiger partial charge in [-0.05, 0) is 79.8 Å². The number of benzene rings is 2. The largest absolute Gasteiger partial charge is 0.611 e. The first-order valence-corrected chi connectivity index (χ1v) is 11.4. The molecule has 0 saturated carbocycles. The molecule has 0 fully saturated rings. The number of rotatable bonds is 5. The molecule has 2 aromatic rings. The Bertz CT molecular complexity index is 1020. The maximum atomic E-state index is 12.8. The Morgan fingerprint density at radius 3 is 2.22 bits per heavy atom. The molecular formula is C24H25F3O4S. The van der Waals surface area contributed by atoms with Crippen LogP contribution in [-0.2, 0) is 26.9 Å². The highest BCUT2D eigenvalue weighted by Crippen LogP contribution is 2.35. The summed E-state index contributed by atoms with van der Waals surface area (Å²) in [4.78, 5) is 13.0. The zero-order chi connectivity index (χ0) is 23.8. The molecule has 2 aromatic carbocycles. The molecule has 3 rings (SSSR count). The van der Waals surface area contributed by atoms with E-state index in [4.69, 9.17) is 4.74 Å². The van der Waals surface area contributed by atoms with Crippen molar-refractivity contribution in [3.05, 3.63) is 70.0 Å². The quantitative estimate of drug-likeness (QED) is 0.447. The van der Waals surface area contributed by atoms with Gasteiger partial charge in [0.05, 0.1) is 5.56 Å². The molecule has 4 nitrogen and oxygen atoms in total. The van der Waals surface area contributed by atoms with Crippen molar-refractivity contribution in [2.45, 2.75) is 63.0 Å². The van der Waals surface area contributed by atoms with Gasteiger partial charge < -0.3 is 14.4 Å². The SMILES string of the molecule is Cc1cc(C)c(C2=C(O)CC(CC(C)[S+]([O-])c3ccc(C(F)(F)F)cc3)OC2=O)c(C)c1. The van der Waals surface area contributed by atoms with Crippen molar-refractivity contribution in [2.75, 3.05) is 0 Å². The van der Waals surface area contributed by atoms with E-state index in [2.05, 4.69) is 0 Å². The second-order valence-electron chi connectivity index (χ2n) is 8.19. The van der Waals surface area contributed by atoms with Gasteiger partial charge in [0.25, 0.3) is 0 Å². The molecule has 0 bridgehead atoms. The van der Waals surface area contributed by atoms with E-state index in [9.17, 15) is 27.6 Å². The molecule has 1 N–H and O–H groups in total. The van der Waals surface area contributed by atoms with Crippen LogP contribution in [0.15, 0.2) is 47.1 Å². The number of carbonyl (C=O) groups is 1. The number of halogens is 3. The van der Waals surface area contributed by atoms with Crippen LogP contribution in [0.4, 0.5) is 13.2 Å². The molecule has 1 heterocycles. The van der Waals surface area contributed by atoms with E-state index < -0.39 is 40.2 Å². The van der Waals surface area contributed by atoms with Gasteiger partial charge in [0.2, 0.25) is 0 Å². The lowest BCUT2D eigenvalue weighted by Gasteiger charge is -2.28. The van der Waals surface area contributed by atoms with Gasteiger partial charge in [-0.3, -0.25) is 0 Å². The van der Waals surface area contributed by atoms with Crippen LogP contribution >= 0.6 is 0 Å². The first kappa shape index (κ1) is 24.2. The zero-order valence-corrected chi connectivity index (χ0v) is 19.1. The molecule has 32 heavy (non-hydrogen) atoms. The third kappa shape index (κ3) is 5.13. The second kappa shape index (κ2) is 9.19. The van der Waals surface area contributed by atoms with Crippen molar-refractivity contribution in [2.24, 2.45) is 0 Å². The molecule has 8 heteroatoms. The highest BCUT2D eigenvalue weighted by molar-refractivity contribution is 7.92. The summed E-state index contributed by atoms with van der Waals surface area (Å²) in [6, 6.07) is 8.04. The van der Waals surface area contributed by atoms with Gasteiger partial charge >= 0.3 is 12.1 Å². The molecule has 1 aliphatic heterocycles. The molecule has 172 valence electrons. The number of aryl methyl sites for hydroxylation is 3. The Morgan fingerprint density at radius 1 is 1.16 bits per heavy atom. The van der Waals surface area contributed by atoms with Gasteiger partial charge in [0.1, 0.15) is 22.7 Å². The summed E-state index contributed by atoms with van der Waals surface area (Å²) in [5.41, 5.74) is 2.75. The topological polar surface area (TPSA) is 69.6 Å². The van der Waals surface area contributed by atoms with Crippen LogP contribution in [0.3, 0.4) is 0 Å². The van der Waals surface area contributed by atoms with Gasteiger partial charge in [-0.2, -0.15) is 13.2 Å².